The maximum atomic E-state index is 12.1. The molecule has 1 atom stereocenters. The zero-order valence-electron chi connectivity index (χ0n) is 14.2. The molecule has 3 aromatic rings. The molecule has 3 heterocycles. The fourth-order valence-corrected chi connectivity index (χ4v) is 4.15. The maximum absolute atomic E-state index is 12.1. The van der Waals surface area contributed by atoms with Crippen molar-refractivity contribution in [2.45, 2.75) is 19.5 Å². The van der Waals surface area contributed by atoms with E-state index in [-0.39, 0.29) is 5.56 Å². The molecule has 0 fully saturated rings. The van der Waals surface area contributed by atoms with Crippen LogP contribution in [0.25, 0.3) is 4.96 Å². The van der Waals surface area contributed by atoms with Gasteiger partial charge in [0.25, 0.3) is 5.56 Å². The van der Waals surface area contributed by atoms with Gasteiger partial charge < -0.3 is 14.4 Å². The lowest BCUT2D eigenvalue weighted by atomic mass is 9.98. The molecule has 0 saturated carbocycles. The van der Waals surface area contributed by atoms with E-state index in [9.17, 15) is 4.79 Å². The van der Waals surface area contributed by atoms with Crippen LogP contribution in [0.3, 0.4) is 0 Å². The van der Waals surface area contributed by atoms with Gasteiger partial charge in [-0.15, -0.1) is 11.3 Å². The minimum Gasteiger partial charge on any atom is -0.493 e. The summed E-state index contributed by atoms with van der Waals surface area (Å²) in [6.45, 7) is 2.65. The van der Waals surface area contributed by atoms with E-state index in [4.69, 9.17) is 9.47 Å². The molecule has 0 saturated heterocycles. The van der Waals surface area contributed by atoms with Gasteiger partial charge in [-0.3, -0.25) is 9.20 Å². The van der Waals surface area contributed by atoms with Gasteiger partial charge in [0, 0.05) is 29.6 Å². The van der Waals surface area contributed by atoms with E-state index in [1.165, 1.54) is 27.4 Å². The van der Waals surface area contributed by atoms with Crippen LogP contribution >= 0.6 is 11.3 Å². The van der Waals surface area contributed by atoms with Crippen LogP contribution in [0, 0.1) is 0 Å². The Hall–Kier alpha value is -2.38. The van der Waals surface area contributed by atoms with Crippen molar-refractivity contribution in [1.29, 1.82) is 0 Å². The van der Waals surface area contributed by atoms with E-state index in [1.807, 2.05) is 5.38 Å². The second-order valence-corrected chi connectivity index (χ2v) is 7.09. The summed E-state index contributed by atoms with van der Waals surface area (Å²) in [4.78, 5) is 18.9. The Kier molecular flexibility index (Phi) is 4.19. The molecule has 7 heteroatoms. The summed E-state index contributed by atoms with van der Waals surface area (Å²) in [5.41, 5.74) is 3.42. The number of thiazole rings is 1. The van der Waals surface area contributed by atoms with Gasteiger partial charge in [0.1, 0.15) is 18.8 Å². The highest BCUT2D eigenvalue weighted by atomic mass is 32.1. The first-order valence-corrected chi connectivity index (χ1v) is 9.09. The van der Waals surface area contributed by atoms with E-state index in [1.54, 1.807) is 30.9 Å². The van der Waals surface area contributed by atoms with Crippen LogP contribution < -0.4 is 19.9 Å². The van der Waals surface area contributed by atoms with Gasteiger partial charge in [-0.2, -0.15) is 0 Å². The first-order chi connectivity index (χ1) is 12.2. The molecule has 130 valence electrons. The molecule has 0 spiro atoms. The van der Waals surface area contributed by atoms with Crippen molar-refractivity contribution < 1.29 is 14.4 Å². The van der Waals surface area contributed by atoms with Crippen LogP contribution in [0.2, 0.25) is 0 Å². The molecule has 4 rings (SSSR count). The highest BCUT2D eigenvalue weighted by Crippen LogP contribution is 2.31. The third-order valence-electron chi connectivity index (χ3n) is 4.68. The quantitative estimate of drug-likeness (QED) is 0.753. The Morgan fingerprint density at radius 2 is 1.96 bits per heavy atom. The standard InChI is InChI=1S/C18H19N3O3S/c1-23-15-7-12-3-4-20(10-13(12)8-16(15)24-2)11-14-9-17(22)21-5-6-25-18(21)19-14/h5-9H,3-4,10-11H2,1-2H3/p+1. The Balaban J connectivity index is 1.58. The monoisotopic (exact) mass is 358 g/mol. The van der Waals surface area contributed by atoms with E-state index in [0.717, 1.165) is 48.2 Å². The molecule has 0 radical (unpaired) electrons. The van der Waals surface area contributed by atoms with Crippen LogP contribution in [0.1, 0.15) is 16.8 Å². The number of fused-ring (bicyclic) bond motifs is 2. The molecule has 1 aliphatic heterocycles. The summed E-state index contributed by atoms with van der Waals surface area (Å²) in [5, 5.41) is 1.89. The van der Waals surface area contributed by atoms with Gasteiger partial charge in [0.05, 0.1) is 20.8 Å². The van der Waals surface area contributed by atoms with Crippen LogP contribution in [0.4, 0.5) is 0 Å². The normalized spacial score (nSPS) is 16.6. The number of methoxy groups -OCH3 is 2. The summed E-state index contributed by atoms with van der Waals surface area (Å²) < 4.78 is 12.4. The van der Waals surface area contributed by atoms with Crippen LogP contribution in [-0.2, 0) is 19.5 Å². The Bertz CT molecular complexity index is 979. The molecular weight excluding hydrogens is 338 g/mol. The second kappa shape index (κ2) is 6.50. The van der Waals surface area contributed by atoms with Gasteiger partial charge in [-0.05, 0) is 17.7 Å². The highest BCUT2D eigenvalue weighted by Gasteiger charge is 2.23. The van der Waals surface area contributed by atoms with Crippen molar-refractivity contribution in [3.05, 3.63) is 57.0 Å². The lowest BCUT2D eigenvalue weighted by Crippen LogP contribution is -3.10. The SMILES string of the molecule is COc1cc2c(cc1OC)C[NH+](Cc1cc(=O)n3ccsc3n1)CC2. The average molecular weight is 358 g/mol. The highest BCUT2D eigenvalue weighted by molar-refractivity contribution is 7.15. The molecule has 0 amide bonds. The molecular formula is C18H20N3O3S+. The van der Waals surface area contributed by atoms with Gasteiger partial charge in [0.15, 0.2) is 16.5 Å². The van der Waals surface area contributed by atoms with E-state index < -0.39 is 0 Å². The van der Waals surface area contributed by atoms with Crippen LogP contribution in [0.15, 0.2) is 34.6 Å². The Labute approximate surface area is 149 Å². The second-order valence-electron chi connectivity index (χ2n) is 6.22. The summed E-state index contributed by atoms with van der Waals surface area (Å²) >= 11 is 1.49. The lowest BCUT2D eigenvalue weighted by molar-refractivity contribution is -0.929. The maximum Gasteiger partial charge on any atom is 0.258 e. The van der Waals surface area contributed by atoms with E-state index in [2.05, 4.69) is 17.1 Å². The third-order valence-corrected chi connectivity index (χ3v) is 5.44. The predicted octanol–water partition coefficient (Wildman–Crippen LogP) is 0.914. The molecule has 1 unspecified atom stereocenters. The number of hydrogen-bond donors (Lipinski definition) is 1. The number of benzene rings is 1. The van der Waals surface area contributed by atoms with Crippen molar-refractivity contribution in [2.75, 3.05) is 20.8 Å². The summed E-state index contributed by atoms with van der Waals surface area (Å²) in [7, 11) is 3.32. The first-order valence-electron chi connectivity index (χ1n) is 8.21. The van der Waals surface area contributed by atoms with E-state index >= 15 is 0 Å². The largest absolute Gasteiger partial charge is 0.493 e. The number of hydrogen-bond acceptors (Lipinski definition) is 5. The number of quaternary nitrogens is 1. The van der Waals surface area contributed by atoms with Crippen molar-refractivity contribution in [3.8, 4) is 11.5 Å². The van der Waals surface area contributed by atoms with Crippen molar-refractivity contribution in [2.24, 2.45) is 0 Å². The van der Waals surface area contributed by atoms with Crippen LogP contribution in [0.5, 0.6) is 11.5 Å². The Morgan fingerprint density at radius 3 is 2.72 bits per heavy atom. The molecule has 0 bridgehead atoms. The number of nitrogens with zero attached hydrogens (tertiary/aromatic N) is 2. The van der Waals surface area contributed by atoms with Gasteiger partial charge in [-0.1, -0.05) is 0 Å². The van der Waals surface area contributed by atoms with Crippen molar-refractivity contribution in [3.63, 3.8) is 0 Å². The predicted molar refractivity (Wildman–Crippen MR) is 95.8 cm³/mol. The molecule has 1 aliphatic rings. The minimum absolute atomic E-state index is 0.00975. The summed E-state index contributed by atoms with van der Waals surface area (Å²) in [6.07, 6.45) is 2.74. The Morgan fingerprint density at radius 1 is 1.20 bits per heavy atom. The number of aromatic nitrogens is 2. The average Bonchev–Trinajstić information content (AvgIpc) is 3.09. The third kappa shape index (κ3) is 3.01. The van der Waals surface area contributed by atoms with E-state index in [0.29, 0.717) is 0 Å². The topological polar surface area (TPSA) is 57.3 Å². The minimum atomic E-state index is -0.00975. The smallest absolute Gasteiger partial charge is 0.258 e. The molecule has 6 nitrogen and oxygen atoms in total. The molecule has 25 heavy (non-hydrogen) atoms. The van der Waals surface area contributed by atoms with Crippen LogP contribution in [-0.4, -0.2) is 30.1 Å². The summed E-state index contributed by atoms with van der Waals surface area (Å²) in [6, 6.07) is 5.79. The lowest BCUT2D eigenvalue weighted by Gasteiger charge is -2.26. The first kappa shape index (κ1) is 16.1. The number of nitrogens with one attached hydrogen (secondary N) is 1. The molecule has 2 aromatic heterocycles. The number of rotatable bonds is 4. The summed E-state index contributed by atoms with van der Waals surface area (Å²) in [5.74, 6) is 1.54. The molecule has 1 aromatic carbocycles. The fourth-order valence-electron chi connectivity index (χ4n) is 3.42. The zero-order valence-corrected chi connectivity index (χ0v) is 15.1. The number of ether oxygens (including phenoxy) is 2. The fraction of sp³-hybridized carbons (Fsp3) is 0.333. The molecule has 0 aliphatic carbocycles. The van der Waals surface area contributed by atoms with Crippen molar-refractivity contribution >= 4 is 16.3 Å². The van der Waals surface area contributed by atoms with Gasteiger partial charge in [0.2, 0.25) is 0 Å². The molecule has 1 N–H and O–H groups in total. The zero-order chi connectivity index (χ0) is 17.4. The van der Waals surface area contributed by atoms with Gasteiger partial charge >= 0.3 is 0 Å². The van der Waals surface area contributed by atoms with Crippen molar-refractivity contribution in [1.82, 2.24) is 9.38 Å². The van der Waals surface area contributed by atoms with Gasteiger partial charge in [-0.25, -0.2) is 4.98 Å².